The molecule has 0 aliphatic heterocycles. The molecular formula is C25H18N2O3S. The molecule has 0 unspecified atom stereocenters. The van der Waals surface area contributed by atoms with Gasteiger partial charge in [0.15, 0.2) is 4.96 Å². The van der Waals surface area contributed by atoms with Crippen LogP contribution in [0.15, 0.2) is 71.5 Å². The minimum Gasteiger partial charge on any atom is -0.422 e. The van der Waals surface area contributed by atoms with E-state index in [-0.39, 0.29) is 5.56 Å². The molecule has 5 rings (SSSR count). The fraction of sp³-hybridized carbons (Fsp3) is 0.0800. The third-order valence-electron chi connectivity index (χ3n) is 5.10. The third kappa shape index (κ3) is 3.41. The highest BCUT2D eigenvalue weighted by atomic mass is 32.1. The molecule has 5 aromatic rings. The van der Waals surface area contributed by atoms with Crippen molar-refractivity contribution in [2.75, 3.05) is 0 Å². The van der Waals surface area contributed by atoms with Gasteiger partial charge in [0.1, 0.15) is 5.75 Å². The van der Waals surface area contributed by atoms with E-state index >= 15 is 0 Å². The van der Waals surface area contributed by atoms with Crippen LogP contribution >= 0.6 is 11.3 Å². The molecule has 0 aliphatic rings. The molecule has 0 spiro atoms. The zero-order valence-electron chi connectivity index (χ0n) is 17.0. The second-order valence-corrected chi connectivity index (χ2v) is 8.40. The number of thiazole rings is 1. The van der Waals surface area contributed by atoms with Crippen LogP contribution in [0.25, 0.3) is 22.1 Å². The summed E-state index contributed by atoms with van der Waals surface area (Å²) in [7, 11) is 0. The Hall–Kier alpha value is -3.77. The number of benzene rings is 3. The molecule has 5 nitrogen and oxygen atoms in total. The normalized spacial score (nSPS) is 12.0. The van der Waals surface area contributed by atoms with E-state index in [1.807, 2.05) is 38.1 Å². The lowest BCUT2D eigenvalue weighted by Crippen LogP contribution is -2.23. The van der Waals surface area contributed by atoms with Gasteiger partial charge in [0, 0.05) is 5.56 Å². The maximum absolute atomic E-state index is 13.2. The van der Waals surface area contributed by atoms with Gasteiger partial charge in [0.2, 0.25) is 0 Å². The first-order chi connectivity index (χ1) is 15.0. The van der Waals surface area contributed by atoms with Gasteiger partial charge in [-0.15, -0.1) is 0 Å². The van der Waals surface area contributed by atoms with Crippen molar-refractivity contribution in [3.63, 3.8) is 0 Å². The van der Waals surface area contributed by atoms with E-state index in [0.29, 0.717) is 26.4 Å². The SMILES string of the molecule is Cc1cc(C)c2nc3sc(=Cc4ccccc4OC(=O)c4ccccc4)c(=O)n3c2c1. The van der Waals surface area contributed by atoms with Crippen LogP contribution in [0, 0.1) is 13.8 Å². The standard InChI is InChI=1S/C25H18N2O3S/c1-15-12-16(2)22-19(13-15)27-23(28)21(31-25(27)26-22)14-18-10-6-7-11-20(18)30-24(29)17-8-4-3-5-9-17/h3-14H,1-2H3. The van der Waals surface area contributed by atoms with Crippen LogP contribution in [0.3, 0.4) is 0 Å². The lowest BCUT2D eigenvalue weighted by atomic mass is 10.1. The van der Waals surface area contributed by atoms with Crippen molar-refractivity contribution in [3.8, 4) is 5.75 Å². The summed E-state index contributed by atoms with van der Waals surface area (Å²) < 4.78 is 7.80. The van der Waals surface area contributed by atoms with Crippen molar-refractivity contribution in [2.45, 2.75) is 13.8 Å². The van der Waals surface area contributed by atoms with E-state index in [1.165, 1.54) is 11.3 Å². The van der Waals surface area contributed by atoms with Crippen LogP contribution in [0.5, 0.6) is 5.75 Å². The van der Waals surface area contributed by atoms with E-state index in [9.17, 15) is 9.59 Å². The average molecular weight is 426 g/mol. The van der Waals surface area contributed by atoms with Crippen molar-refractivity contribution in [2.24, 2.45) is 0 Å². The number of aromatic nitrogens is 2. The van der Waals surface area contributed by atoms with Crippen LogP contribution in [0.4, 0.5) is 0 Å². The van der Waals surface area contributed by atoms with Gasteiger partial charge in [-0.1, -0.05) is 53.8 Å². The highest BCUT2D eigenvalue weighted by molar-refractivity contribution is 7.15. The first kappa shape index (κ1) is 19.2. The second-order valence-electron chi connectivity index (χ2n) is 7.39. The Morgan fingerprint density at radius 1 is 1.03 bits per heavy atom. The Morgan fingerprint density at radius 2 is 1.77 bits per heavy atom. The number of esters is 1. The summed E-state index contributed by atoms with van der Waals surface area (Å²) in [5.74, 6) is -0.0416. The van der Waals surface area contributed by atoms with Gasteiger partial charge in [-0.2, -0.15) is 0 Å². The van der Waals surface area contributed by atoms with Crippen LogP contribution in [0.1, 0.15) is 27.0 Å². The Labute approximate surface area is 181 Å². The molecule has 0 saturated heterocycles. The molecular weight excluding hydrogens is 408 g/mol. The smallest absolute Gasteiger partial charge is 0.343 e. The highest BCUT2D eigenvalue weighted by Gasteiger charge is 2.14. The number of hydrogen-bond donors (Lipinski definition) is 0. The molecule has 0 radical (unpaired) electrons. The summed E-state index contributed by atoms with van der Waals surface area (Å²) in [6.45, 7) is 4.01. The number of fused-ring (bicyclic) bond motifs is 3. The molecule has 6 heteroatoms. The second kappa shape index (κ2) is 7.49. The van der Waals surface area contributed by atoms with Gasteiger partial charge in [0.05, 0.1) is 21.1 Å². The van der Waals surface area contributed by atoms with Crippen molar-refractivity contribution >= 4 is 39.4 Å². The molecule has 0 bridgehead atoms. The Bertz CT molecular complexity index is 1570. The Morgan fingerprint density at radius 3 is 2.58 bits per heavy atom. The first-order valence-corrected chi connectivity index (χ1v) is 10.6. The summed E-state index contributed by atoms with van der Waals surface area (Å²) in [5, 5.41) is 0. The third-order valence-corrected chi connectivity index (χ3v) is 6.07. The lowest BCUT2D eigenvalue weighted by molar-refractivity contribution is 0.0734. The first-order valence-electron chi connectivity index (χ1n) is 9.81. The van der Waals surface area contributed by atoms with Gasteiger partial charge in [0.25, 0.3) is 5.56 Å². The predicted molar refractivity (Wildman–Crippen MR) is 123 cm³/mol. The van der Waals surface area contributed by atoms with Crippen LogP contribution in [-0.4, -0.2) is 15.4 Å². The van der Waals surface area contributed by atoms with Crippen LogP contribution in [0.2, 0.25) is 0 Å². The molecule has 152 valence electrons. The zero-order chi connectivity index (χ0) is 21.5. The topological polar surface area (TPSA) is 60.7 Å². The van der Waals surface area contributed by atoms with Crippen molar-refractivity contribution in [3.05, 3.63) is 104 Å². The molecule has 0 atom stereocenters. The van der Waals surface area contributed by atoms with E-state index in [1.54, 1.807) is 46.9 Å². The Kier molecular flexibility index (Phi) is 4.64. The van der Waals surface area contributed by atoms with E-state index < -0.39 is 5.97 Å². The van der Waals surface area contributed by atoms with Crippen LogP contribution < -0.4 is 14.8 Å². The largest absolute Gasteiger partial charge is 0.422 e. The summed E-state index contributed by atoms with van der Waals surface area (Å²) >= 11 is 1.33. The number of carbonyl (C=O) groups excluding carboxylic acids is 1. The molecule has 31 heavy (non-hydrogen) atoms. The summed E-state index contributed by atoms with van der Waals surface area (Å²) in [4.78, 5) is 31.0. The number of aryl methyl sites for hydroxylation is 2. The molecule has 3 aromatic carbocycles. The predicted octanol–water partition coefficient (Wildman–Crippen LogP) is 4.29. The van der Waals surface area contributed by atoms with Crippen molar-refractivity contribution < 1.29 is 9.53 Å². The van der Waals surface area contributed by atoms with E-state index in [4.69, 9.17) is 4.74 Å². The maximum Gasteiger partial charge on any atom is 0.343 e. The van der Waals surface area contributed by atoms with E-state index in [2.05, 4.69) is 11.1 Å². The number of nitrogens with zero attached hydrogens (tertiary/aromatic N) is 2. The molecule has 0 N–H and O–H groups in total. The number of para-hydroxylation sites is 1. The monoisotopic (exact) mass is 426 g/mol. The van der Waals surface area contributed by atoms with Gasteiger partial charge in [-0.05, 0) is 55.3 Å². The van der Waals surface area contributed by atoms with E-state index in [0.717, 1.165) is 22.2 Å². The number of rotatable bonds is 3. The summed E-state index contributed by atoms with van der Waals surface area (Å²) in [6.07, 6.45) is 1.75. The number of imidazole rings is 1. The Balaban J connectivity index is 1.61. The minimum absolute atomic E-state index is 0.128. The quantitative estimate of drug-likeness (QED) is 0.319. The number of hydrogen-bond acceptors (Lipinski definition) is 5. The summed E-state index contributed by atoms with van der Waals surface area (Å²) in [6, 6.07) is 20.0. The van der Waals surface area contributed by atoms with Crippen LogP contribution in [-0.2, 0) is 0 Å². The minimum atomic E-state index is -0.443. The fourth-order valence-electron chi connectivity index (χ4n) is 3.68. The zero-order valence-corrected chi connectivity index (χ0v) is 17.8. The molecule has 0 fully saturated rings. The summed E-state index contributed by atoms with van der Waals surface area (Å²) in [5.41, 5.74) is 4.79. The lowest BCUT2D eigenvalue weighted by Gasteiger charge is -2.07. The van der Waals surface area contributed by atoms with Gasteiger partial charge in [-0.3, -0.25) is 4.79 Å². The number of carbonyl (C=O) groups is 1. The highest BCUT2D eigenvalue weighted by Crippen LogP contribution is 2.23. The molecule has 0 aliphatic carbocycles. The molecule has 2 heterocycles. The van der Waals surface area contributed by atoms with Crippen molar-refractivity contribution in [1.29, 1.82) is 0 Å². The maximum atomic E-state index is 13.2. The van der Waals surface area contributed by atoms with Gasteiger partial charge in [-0.25, -0.2) is 14.2 Å². The molecule has 0 saturated carbocycles. The van der Waals surface area contributed by atoms with Gasteiger partial charge < -0.3 is 4.74 Å². The number of ether oxygens (including phenoxy) is 1. The average Bonchev–Trinajstić information content (AvgIpc) is 3.27. The van der Waals surface area contributed by atoms with Crippen molar-refractivity contribution in [1.82, 2.24) is 9.38 Å². The fourth-order valence-corrected chi connectivity index (χ4v) is 4.65. The molecule has 0 amide bonds. The molecule has 2 aromatic heterocycles. The van der Waals surface area contributed by atoms with Gasteiger partial charge >= 0.3 is 5.97 Å².